The summed E-state index contributed by atoms with van der Waals surface area (Å²) in [6, 6.07) is 0.672. The summed E-state index contributed by atoms with van der Waals surface area (Å²) in [5.41, 5.74) is 1.05. The van der Waals surface area contributed by atoms with Crippen LogP contribution in [0.2, 0.25) is 0 Å². The molecule has 1 aliphatic rings. The topological polar surface area (TPSA) is 44.3 Å². The zero-order valence-corrected chi connectivity index (χ0v) is 13.0. The maximum atomic E-state index is 4.50. The van der Waals surface area contributed by atoms with E-state index in [0.29, 0.717) is 6.04 Å². The first-order chi connectivity index (χ1) is 9.69. The molecule has 0 aliphatic carbocycles. The number of nitrogens with zero attached hydrogens (tertiary/aromatic N) is 4. The fourth-order valence-corrected chi connectivity index (χ4v) is 2.60. The van der Waals surface area contributed by atoms with Crippen LogP contribution in [0, 0.1) is 0 Å². The summed E-state index contributed by atoms with van der Waals surface area (Å²) < 4.78 is 0. The molecule has 0 spiro atoms. The van der Waals surface area contributed by atoms with Crippen molar-refractivity contribution in [3.8, 4) is 0 Å². The molecule has 1 aromatic heterocycles. The van der Waals surface area contributed by atoms with Gasteiger partial charge in [-0.1, -0.05) is 6.92 Å². The van der Waals surface area contributed by atoms with Crippen molar-refractivity contribution < 1.29 is 0 Å². The monoisotopic (exact) mass is 277 g/mol. The molecule has 1 saturated heterocycles. The average Bonchev–Trinajstić information content (AvgIpc) is 2.47. The third-order valence-corrected chi connectivity index (χ3v) is 3.98. The molecular formula is C15H27N5. The van der Waals surface area contributed by atoms with Crippen LogP contribution in [0.4, 0.5) is 5.82 Å². The highest BCUT2D eigenvalue weighted by atomic mass is 15.2. The zero-order chi connectivity index (χ0) is 14.4. The molecule has 0 aromatic carbocycles. The molecule has 20 heavy (non-hydrogen) atoms. The van der Waals surface area contributed by atoms with Gasteiger partial charge in [0.2, 0.25) is 0 Å². The van der Waals surface area contributed by atoms with Crippen LogP contribution < -0.4 is 5.32 Å². The second-order valence-electron chi connectivity index (χ2n) is 5.77. The van der Waals surface area contributed by atoms with Gasteiger partial charge in [0.05, 0.1) is 18.1 Å². The third kappa shape index (κ3) is 4.42. The molecule has 0 radical (unpaired) electrons. The Morgan fingerprint density at radius 3 is 2.65 bits per heavy atom. The fourth-order valence-electron chi connectivity index (χ4n) is 2.60. The van der Waals surface area contributed by atoms with Crippen LogP contribution in [0.25, 0.3) is 0 Å². The quantitative estimate of drug-likeness (QED) is 0.859. The lowest BCUT2D eigenvalue weighted by molar-refractivity contribution is 0.138. The van der Waals surface area contributed by atoms with Gasteiger partial charge >= 0.3 is 0 Å². The van der Waals surface area contributed by atoms with Gasteiger partial charge in [0.15, 0.2) is 0 Å². The van der Waals surface area contributed by atoms with Gasteiger partial charge in [-0.05, 0) is 46.4 Å². The predicted molar refractivity (Wildman–Crippen MR) is 82.8 cm³/mol. The van der Waals surface area contributed by atoms with E-state index in [-0.39, 0.29) is 0 Å². The van der Waals surface area contributed by atoms with E-state index in [1.807, 2.05) is 12.4 Å². The van der Waals surface area contributed by atoms with Crippen LogP contribution >= 0.6 is 0 Å². The maximum Gasteiger partial charge on any atom is 0.144 e. The van der Waals surface area contributed by atoms with Gasteiger partial charge < -0.3 is 10.2 Å². The second-order valence-corrected chi connectivity index (χ2v) is 5.77. The van der Waals surface area contributed by atoms with Crippen LogP contribution in [0.15, 0.2) is 12.4 Å². The fraction of sp³-hybridized carbons (Fsp3) is 0.733. The summed E-state index contributed by atoms with van der Waals surface area (Å²) in [6.07, 6.45) is 7.33. The number of hydrogen-bond acceptors (Lipinski definition) is 5. The smallest absolute Gasteiger partial charge is 0.144 e. The van der Waals surface area contributed by atoms with Crippen molar-refractivity contribution in [1.82, 2.24) is 19.8 Å². The van der Waals surface area contributed by atoms with Gasteiger partial charge in [0.25, 0.3) is 0 Å². The van der Waals surface area contributed by atoms with E-state index in [2.05, 4.69) is 46.1 Å². The molecule has 5 heteroatoms. The van der Waals surface area contributed by atoms with Crippen LogP contribution in [0.1, 0.15) is 31.9 Å². The van der Waals surface area contributed by atoms with Crippen LogP contribution in [0.5, 0.6) is 0 Å². The summed E-state index contributed by atoms with van der Waals surface area (Å²) in [6.45, 7) is 6.37. The minimum absolute atomic E-state index is 0.672. The molecule has 1 aliphatic heterocycles. The van der Waals surface area contributed by atoms with Crippen molar-refractivity contribution in [1.29, 1.82) is 0 Å². The molecular weight excluding hydrogens is 250 g/mol. The summed E-state index contributed by atoms with van der Waals surface area (Å²) in [5.74, 6) is 0.873. The van der Waals surface area contributed by atoms with Gasteiger partial charge in [-0.3, -0.25) is 9.88 Å². The van der Waals surface area contributed by atoms with E-state index in [0.717, 1.165) is 31.0 Å². The summed E-state index contributed by atoms with van der Waals surface area (Å²) in [5, 5.41) is 3.25. The number of aromatic nitrogens is 2. The van der Waals surface area contributed by atoms with E-state index in [1.54, 1.807) is 0 Å². The molecule has 1 aromatic rings. The average molecular weight is 277 g/mol. The Labute approximate surface area is 122 Å². The molecule has 0 atom stereocenters. The van der Waals surface area contributed by atoms with Gasteiger partial charge in [-0.2, -0.15) is 0 Å². The first-order valence-electron chi connectivity index (χ1n) is 7.62. The molecule has 2 rings (SSSR count). The normalized spacial score (nSPS) is 17.6. The van der Waals surface area contributed by atoms with E-state index in [1.165, 1.54) is 25.9 Å². The zero-order valence-electron chi connectivity index (χ0n) is 13.0. The van der Waals surface area contributed by atoms with E-state index in [4.69, 9.17) is 0 Å². The Hall–Kier alpha value is -1.20. The number of likely N-dealkylation sites (tertiary alicyclic amines) is 1. The first-order valence-corrected chi connectivity index (χ1v) is 7.62. The number of piperidine rings is 1. The number of rotatable bonds is 6. The van der Waals surface area contributed by atoms with E-state index < -0.39 is 0 Å². The maximum absolute atomic E-state index is 4.50. The highest BCUT2D eigenvalue weighted by Gasteiger charge is 2.20. The van der Waals surface area contributed by atoms with Crippen molar-refractivity contribution in [3.05, 3.63) is 18.1 Å². The SMILES string of the molecule is CCCNc1cnc(CN(C)C2CCN(C)CC2)cn1. The molecule has 2 heterocycles. The Kier molecular flexibility index (Phi) is 5.73. The van der Waals surface area contributed by atoms with Gasteiger partial charge in [0.1, 0.15) is 5.82 Å². The highest BCUT2D eigenvalue weighted by molar-refractivity contribution is 5.30. The van der Waals surface area contributed by atoms with Crippen molar-refractivity contribution in [3.63, 3.8) is 0 Å². The van der Waals surface area contributed by atoms with E-state index >= 15 is 0 Å². The van der Waals surface area contributed by atoms with Gasteiger partial charge in [-0.25, -0.2) is 4.98 Å². The molecule has 5 nitrogen and oxygen atoms in total. The Morgan fingerprint density at radius 1 is 1.30 bits per heavy atom. The number of nitrogens with one attached hydrogen (secondary N) is 1. The van der Waals surface area contributed by atoms with Crippen molar-refractivity contribution in [2.75, 3.05) is 39.0 Å². The second kappa shape index (κ2) is 7.55. The third-order valence-electron chi connectivity index (χ3n) is 3.98. The van der Waals surface area contributed by atoms with Crippen molar-refractivity contribution in [2.45, 2.75) is 38.8 Å². The predicted octanol–water partition coefficient (Wildman–Crippen LogP) is 1.82. The molecule has 0 bridgehead atoms. The van der Waals surface area contributed by atoms with Gasteiger partial charge in [-0.15, -0.1) is 0 Å². The van der Waals surface area contributed by atoms with Crippen LogP contribution in [-0.4, -0.2) is 59.5 Å². The lowest BCUT2D eigenvalue weighted by Crippen LogP contribution is -2.41. The molecule has 112 valence electrons. The minimum Gasteiger partial charge on any atom is -0.369 e. The Morgan fingerprint density at radius 2 is 2.05 bits per heavy atom. The minimum atomic E-state index is 0.672. The largest absolute Gasteiger partial charge is 0.369 e. The first kappa shape index (κ1) is 15.2. The Balaban J connectivity index is 1.83. The van der Waals surface area contributed by atoms with Crippen LogP contribution in [0.3, 0.4) is 0 Å². The Bertz CT molecular complexity index is 384. The van der Waals surface area contributed by atoms with Crippen molar-refractivity contribution in [2.24, 2.45) is 0 Å². The summed E-state index contributed by atoms with van der Waals surface area (Å²) >= 11 is 0. The summed E-state index contributed by atoms with van der Waals surface area (Å²) in [7, 11) is 4.39. The lowest BCUT2D eigenvalue weighted by Gasteiger charge is -2.34. The lowest BCUT2D eigenvalue weighted by atomic mass is 10.0. The molecule has 0 saturated carbocycles. The van der Waals surface area contributed by atoms with Crippen molar-refractivity contribution >= 4 is 5.82 Å². The number of hydrogen-bond donors (Lipinski definition) is 1. The van der Waals surface area contributed by atoms with Gasteiger partial charge in [0, 0.05) is 19.1 Å². The molecule has 0 amide bonds. The highest BCUT2D eigenvalue weighted by Crippen LogP contribution is 2.16. The number of anilines is 1. The van der Waals surface area contributed by atoms with Crippen LogP contribution in [-0.2, 0) is 6.54 Å². The molecule has 1 fully saturated rings. The molecule has 1 N–H and O–H groups in total. The van der Waals surface area contributed by atoms with E-state index in [9.17, 15) is 0 Å². The molecule has 0 unspecified atom stereocenters. The summed E-state index contributed by atoms with van der Waals surface area (Å²) in [4.78, 5) is 13.7. The standard InChI is InChI=1S/C15H27N5/c1-4-7-16-15-11-17-13(10-18-15)12-20(3)14-5-8-19(2)9-6-14/h10-11,14H,4-9,12H2,1-3H3,(H,16,18).